The summed E-state index contributed by atoms with van der Waals surface area (Å²) in [6.07, 6.45) is 0.466. The number of hydrogen-bond donors (Lipinski definition) is 1. The van der Waals surface area contributed by atoms with Crippen LogP contribution in [0.3, 0.4) is 0 Å². The number of hydrogen-bond acceptors (Lipinski definition) is 2. The van der Waals surface area contributed by atoms with E-state index in [0.29, 0.717) is 13.0 Å². The highest BCUT2D eigenvalue weighted by atomic mass is 19.1. The fraction of sp³-hybridized carbons (Fsp3) is 0.467. The van der Waals surface area contributed by atoms with Crippen LogP contribution in [0.5, 0.6) is 0 Å². The molecule has 1 fully saturated rings. The van der Waals surface area contributed by atoms with Gasteiger partial charge in [0.05, 0.1) is 0 Å². The van der Waals surface area contributed by atoms with Gasteiger partial charge in [-0.05, 0) is 39.3 Å². The van der Waals surface area contributed by atoms with Crippen LogP contribution in [0.25, 0.3) is 0 Å². The van der Waals surface area contributed by atoms with Gasteiger partial charge < -0.3 is 10.2 Å². The lowest BCUT2D eigenvalue weighted by molar-refractivity contribution is -0.138. The molecule has 6 heteroatoms. The van der Waals surface area contributed by atoms with Gasteiger partial charge in [-0.2, -0.15) is 0 Å². The zero-order chi connectivity index (χ0) is 15.8. The van der Waals surface area contributed by atoms with E-state index in [1.807, 2.05) is 13.8 Å². The number of rotatable bonds is 3. The van der Waals surface area contributed by atoms with Crippen molar-refractivity contribution in [3.63, 3.8) is 0 Å². The Hall–Kier alpha value is -1.98. The van der Waals surface area contributed by atoms with Crippen LogP contribution >= 0.6 is 0 Å². The van der Waals surface area contributed by atoms with E-state index in [0.717, 1.165) is 12.1 Å². The molecular formula is C15H18F2N2O2. The van der Waals surface area contributed by atoms with Crippen molar-refractivity contribution in [3.05, 3.63) is 35.4 Å². The Kier molecular flexibility index (Phi) is 3.98. The van der Waals surface area contributed by atoms with Crippen LogP contribution < -0.4 is 5.32 Å². The lowest BCUT2D eigenvalue weighted by Crippen LogP contribution is -2.68. The number of amides is 2. The van der Waals surface area contributed by atoms with Crippen molar-refractivity contribution >= 4 is 11.8 Å². The SMILES string of the molecule is CC(C)NC(=O)C1(C)CCN1C(=O)c1c(F)cccc1F. The molecule has 0 radical (unpaired) electrons. The smallest absolute Gasteiger partial charge is 0.260 e. The van der Waals surface area contributed by atoms with Crippen molar-refractivity contribution in [2.45, 2.75) is 38.8 Å². The van der Waals surface area contributed by atoms with Gasteiger partial charge in [0.15, 0.2) is 0 Å². The van der Waals surface area contributed by atoms with E-state index in [1.54, 1.807) is 6.92 Å². The van der Waals surface area contributed by atoms with E-state index in [4.69, 9.17) is 0 Å². The maximum atomic E-state index is 13.7. The van der Waals surface area contributed by atoms with Crippen LogP contribution in [0.4, 0.5) is 8.78 Å². The standard InChI is InChI=1S/C15H18F2N2O2/c1-9(2)18-14(21)15(3)7-8-19(15)13(20)12-10(16)5-4-6-11(12)17/h4-6,9H,7-8H2,1-3H3,(H,18,21). The van der Waals surface area contributed by atoms with E-state index in [-0.39, 0.29) is 11.9 Å². The van der Waals surface area contributed by atoms with Gasteiger partial charge in [0.25, 0.3) is 5.91 Å². The van der Waals surface area contributed by atoms with Gasteiger partial charge in [-0.1, -0.05) is 6.07 Å². The molecule has 1 N–H and O–H groups in total. The van der Waals surface area contributed by atoms with E-state index >= 15 is 0 Å². The zero-order valence-electron chi connectivity index (χ0n) is 12.2. The molecule has 1 aromatic carbocycles. The summed E-state index contributed by atoms with van der Waals surface area (Å²) in [4.78, 5) is 25.7. The van der Waals surface area contributed by atoms with Crippen LogP contribution in [-0.2, 0) is 4.79 Å². The third-order valence-corrected chi connectivity index (χ3v) is 3.75. The summed E-state index contributed by atoms with van der Waals surface area (Å²) in [5.41, 5.74) is -1.67. The molecule has 4 nitrogen and oxygen atoms in total. The molecule has 0 bridgehead atoms. The van der Waals surface area contributed by atoms with E-state index in [1.165, 1.54) is 11.0 Å². The van der Waals surface area contributed by atoms with Gasteiger partial charge in [-0.3, -0.25) is 9.59 Å². The molecule has 1 aliphatic heterocycles. The fourth-order valence-corrected chi connectivity index (χ4v) is 2.38. The predicted molar refractivity (Wildman–Crippen MR) is 73.7 cm³/mol. The number of benzene rings is 1. The summed E-state index contributed by atoms with van der Waals surface area (Å²) >= 11 is 0. The minimum atomic E-state index is -1.06. The highest BCUT2D eigenvalue weighted by Crippen LogP contribution is 2.33. The Morgan fingerprint density at radius 1 is 1.29 bits per heavy atom. The van der Waals surface area contributed by atoms with Crippen molar-refractivity contribution in [2.75, 3.05) is 6.54 Å². The minimum absolute atomic E-state index is 0.0722. The summed E-state index contributed by atoms with van der Waals surface area (Å²) in [6, 6.07) is 3.18. The first-order valence-electron chi connectivity index (χ1n) is 6.84. The third-order valence-electron chi connectivity index (χ3n) is 3.75. The summed E-state index contributed by atoms with van der Waals surface area (Å²) in [6.45, 7) is 5.52. The molecule has 0 aromatic heterocycles. The topological polar surface area (TPSA) is 49.4 Å². The first-order valence-corrected chi connectivity index (χ1v) is 6.84. The van der Waals surface area contributed by atoms with Crippen LogP contribution in [-0.4, -0.2) is 34.8 Å². The maximum absolute atomic E-state index is 13.7. The fourth-order valence-electron chi connectivity index (χ4n) is 2.38. The maximum Gasteiger partial charge on any atom is 0.260 e. The van der Waals surface area contributed by atoms with E-state index < -0.39 is 28.6 Å². The van der Waals surface area contributed by atoms with E-state index in [2.05, 4.69) is 5.32 Å². The molecular weight excluding hydrogens is 278 g/mol. The van der Waals surface area contributed by atoms with Gasteiger partial charge in [-0.25, -0.2) is 8.78 Å². The minimum Gasteiger partial charge on any atom is -0.352 e. The quantitative estimate of drug-likeness (QED) is 0.928. The van der Waals surface area contributed by atoms with Crippen molar-refractivity contribution in [2.24, 2.45) is 0 Å². The molecule has 0 aliphatic carbocycles. The lowest BCUT2D eigenvalue weighted by atomic mass is 9.84. The highest BCUT2D eigenvalue weighted by molar-refractivity contribution is 6.00. The second kappa shape index (κ2) is 5.42. The molecule has 1 atom stereocenters. The Morgan fingerprint density at radius 2 is 1.86 bits per heavy atom. The van der Waals surface area contributed by atoms with Crippen LogP contribution in [0.15, 0.2) is 18.2 Å². The molecule has 1 aliphatic rings. The Bertz CT molecular complexity index is 569. The molecule has 0 saturated carbocycles. The second-order valence-corrected chi connectivity index (χ2v) is 5.71. The third kappa shape index (κ3) is 2.62. The number of carbonyl (C=O) groups is 2. The molecule has 1 unspecified atom stereocenters. The first-order chi connectivity index (χ1) is 9.77. The van der Waals surface area contributed by atoms with Crippen molar-refractivity contribution in [1.82, 2.24) is 10.2 Å². The summed E-state index contributed by atoms with van der Waals surface area (Å²) in [5, 5.41) is 2.73. The van der Waals surface area contributed by atoms with Crippen LogP contribution in [0.2, 0.25) is 0 Å². The van der Waals surface area contributed by atoms with Gasteiger partial charge in [0, 0.05) is 12.6 Å². The number of carbonyl (C=O) groups excluding carboxylic acids is 2. The number of likely N-dealkylation sites (tertiary alicyclic amines) is 1. The Morgan fingerprint density at radius 3 is 2.29 bits per heavy atom. The molecule has 0 spiro atoms. The summed E-state index contributed by atoms with van der Waals surface area (Å²) < 4.78 is 27.4. The Balaban J connectivity index is 2.26. The first kappa shape index (κ1) is 15.4. The molecule has 21 heavy (non-hydrogen) atoms. The zero-order valence-corrected chi connectivity index (χ0v) is 12.2. The molecule has 1 heterocycles. The van der Waals surface area contributed by atoms with Crippen LogP contribution in [0.1, 0.15) is 37.6 Å². The summed E-state index contributed by atoms with van der Waals surface area (Å²) in [5.74, 6) is -2.94. The average Bonchev–Trinajstić information content (AvgIpc) is 2.35. The predicted octanol–water partition coefficient (Wildman–Crippen LogP) is 2.09. The van der Waals surface area contributed by atoms with Crippen molar-refractivity contribution in [1.29, 1.82) is 0 Å². The monoisotopic (exact) mass is 296 g/mol. The molecule has 2 amide bonds. The van der Waals surface area contributed by atoms with Gasteiger partial charge in [-0.15, -0.1) is 0 Å². The van der Waals surface area contributed by atoms with Crippen molar-refractivity contribution < 1.29 is 18.4 Å². The number of halogens is 2. The van der Waals surface area contributed by atoms with E-state index in [9.17, 15) is 18.4 Å². The van der Waals surface area contributed by atoms with Gasteiger partial charge in [0.1, 0.15) is 22.7 Å². The number of nitrogens with zero attached hydrogens (tertiary/aromatic N) is 1. The largest absolute Gasteiger partial charge is 0.352 e. The van der Waals surface area contributed by atoms with Crippen molar-refractivity contribution in [3.8, 4) is 0 Å². The molecule has 114 valence electrons. The van der Waals surface area contributed by atoms with Gasteiger partial charge in [0.2, 0.25) is 5.91 Å². The normalized spacial score (nSPS) is 21.1. The highest BCUT2D eigenvalue weighted by Gasteiger charge is 2.50. The van der Waals surface area contributed by atoms with Gasteiger partial charge >= 0.3 is 0 Å². The molecule has 1 aromatic rings. The second-order valence-electron chi connectivity index (χ2n) is 5.71. The average molecular weight is 296 g/mol. The summed E-state index contributed by atoms with van der Waals surface area (Å²) in [7, 11) is 0. The van der Waals surface area contributed by atoms with Crippen LogP contribution in [0, 0.1) is 11.6 Å². The number of nitrogens with one attached hydrogen (secondary N) is 1. The Labute approximate surface area is 122 Å². The molecule has 1 saturated heterocycles. The molecule has 2 rings (SSSR count). The lowest BCUT2D eigenvalue weighted by Gasteiger charge is -2.49.